The minimum Gasteiger partial charge on any atom is -0.481 e. The fraction of sp³-hybridized carbons (Fsp3) is 0.750. The first-order chi connectivity index (χ1) is 4.52. The molecule has 58 valence electrons. The Kier molecular flexibility index (Phi) is 3.16. The van der Waals surface area contributed by atoms with Gasteiger partial charge in [0.05, 0.1) is 6.42 Å². The van der Waals surface area contributed by atoms with Crippen molar-refractivity contribution in [2.24, 2.45) is 0 Å². The van der Waals surface area contributed by atoms with Crippen LogP contribution >= 0.6 is 0 Å². The molecule has 0 fully saturated rings. The molecular weight excluding hydrogens is 142 g/mol. The van der Waals surface area contributed by atoms with Gasteiger partial charge in [-0.05, 0) is 6.92 Å². The molecule has 0 aromatic carbocycles. The van der Waals surface area contributed by atoms with Crippen LogP contribution in [0, 0.1) is 4.91 Å². The lowest BCUT2D eigenvalue weighted by atomic mass is 10.3. The summed E-state index contributed by atoms with van der Waals surface area (Å²) in [6.45, 7) is 1.36. The van der Waals surface area contributed by atoms with Crippen molar-refractivity contribution in [2.75, 3.05) is 0 Å². The SMILES string of the molecule is CC(CC(=O)O)O[N+](=O)O. The zero-order valence-corrected chi connectivity index (χ0v) is 5.35. The third kappa shape index (κ3) is 4.82. The topological polar surface area (TPSA) is 86.8 Å². The van der Waals surface area contributed by atoms with E-state index >= 15 is 0 Å². The van der Waals surface area contributed by atoms with Crippen molar-refractivity contribution in [3.8, 4) is 0 Å². The van der Waals surface area contributed by atoms with Crippen LogP contribution < -0.4 is 0 Å². The second-order valence-corrected chi connectivity index (χ2v) is 1.75. The van der Waals surface area contributed by atoms with E-state index in [1.165, 1.54) is 6.92 Å². The lowest BCUT2D eigenvalue weighted by Gasteiger charge is -1.96. The highest BCUT2D eigenvalue weighted by Gasteiger charge is 2.17. The maximum absolute atomic E-state index is 9.91. The van der Waals surface area contributed by atoms with E-state index in [1.54, 1.807) is 0 Å². The molecule has 0 radical (unpaired) electrons. The summed E-state index contributed by atoms with van der Waals surface area (Å²) in [6, 6.07) is 0. The third-order valence-electron chi connectivity index (χ3n) is 0.732. The van der Waals surface area contributed by atoms with Crippen molar-refractivity contribution < 1.29 is 25.0 Å². The van der Waals surface area contributed by atoms with Crippen LogP contribution in [0.1, 0.15) is 13.3 Å². The predicted molar refractivity (Wildman–Crippen MR) is 28.2 cm³/mol. The number of carboxylic acids is 1. The lowest BCUT2D eigenvalue weighted by Crippen LogP contribution is -2.18. The van der Waals surface area contributed by atoms with Crippen LogP contribution in [-0.2, 0) is 9.63 Å². The molecule has 2 N–H and O–H groups in total. The quantitative estimate of drug-likeness (QED) is 0.548. The minimum atomic E-state index is -1.09. The van der Waals surface area contributed by atoms with Crippen LogP contribution in [0.25, 0.3) is 0 Å². The highest BCUT2D eigenvalue weighted by atomic mass is 17.0. The first-order valence-electron chi connectivity index (χ1n) is 2.57. The fourth-order valence-electron chi connectivity index (χ4n) is 0.437. The second-order valence-electron chi connectivity index (χ2n) is 1.75. The molecule has 10 heavy (non-hydrogen) atoms. The standard InChI is InChI=1S/C4H7NO5/c1-3(2-4(6)7)10-5(8)9/h3H,2H2,1H3,(H-,6,7,8,9)/p+1. The maximum Gasteiger partial charge on any atom is 0.475 e. The monoisotopic (exact) mass is 150 g/mol. The van der Waals surface area contributed by atoms with Gasteiger partial charge in [-0.25, -0.2) is 5.21 Å². The molecular formula is C4H8NO5+. The van der Waals surface area contributed by atoms with Gasteiger partial charge in [0.15, 0.2) is 6.10 Å². The summed E-state index contributed by atoms with van der Waals surface area (Å²) in [5.74, 6) is -1.09. The highest BCUT2D eigenvalue weighted by Crippen LogP contribution is 1.95. The molecule has 0 spiro atoms. The summed E-state index contributed by atoms with van der Waals surface area (Å²) in [7, 11) is 0. The molecule has 0 heterocycles. The smallest absolute Gasteiger partial charge is 0.475 e. The van der Waals surface area contributed by atoms with Gasteiger partial charge < -0.3 is 5.11 Å². The fourth-order valence-corrected chi connectivity index (χ4v) is 0.437. The average Bonchev–Trinajstić information content (AvgIpc) is 1.58. The van der Waals surface area contributed by atoms with Crippen LogP contribution in [0.4, 0.5) is 0 Å². The molecule has 0 amide bonds. The van der Waals surface area contributed by atoms with E-state index in [-0.39, 0.29) is 6.42 Å². The third-order valence-corrected chi connectivity index (χ3v) is 0.732. The minimum absolute atomic E-state index is 0.320. The van der Waals surface area contributed by atoms with Crippen LogP contribution in [0.3, 0.4) is 0 Å². The largest absolute Gasteiger partial charge is 0.481 e. The van der Waals surface area contributed by atoms with Gasteiger partial charge in [-0.15, -0.1) is 0 Å². The summed E-state index contributed by atoms with van der Waals surface area (Å²) in [5, 5.41) is 15.3. The normalized spacial score (nSPS) is 12.1. The zero-order chi connectivity index (χ0) is 8.15. The maximum atomic E-state index is 9.91. The Bertz CT molecular complexity index is 129. The first-order valence-corrected chi connectivity index (χ1v) is 2.57. The van der Waals surface area contributed by atoms with Gasteiger partial charge in [-0.2, -0.15) is 4.84 Å². The number of nitrogens with zero attached hydrogens (tertiary/aromatic N) is 1. The zero-order valence-electron chi connectivity index (χ0n) is 5.35. The predicted octanol–water partition coefficient (Wildman–Crippen LogP) is -0.0507. The number of aliphatic carboxylic acids is 1. The first kappa shape index (κ1) is 8.67. The molecule has 0 aliphatic rings. The molecule has 0 aromatic rings. The van der Waals surface area contributed by atoms with Gasteiger partial charge in [-0.1, -0.05) is 0 Å². The van der Waals surface area contributed by atoms with Crippen molar-refractivity contribution in [3.05, 3.63) is 4.91 Å². The summed E-state index contributed by atoms with van der Waals surface area (Å²) >= 11 is 0. The summed E-state index contributed by atoms with van der Waals surface area (Å²) < 4.78 is 0. The van der Waals surface area contributed by atoms with Gasteiger partial charge in [0.1, 0.15) is 4.91 Å². The van der Waals surface area contributed by atoms with Crippen LogP contribution in [0.2, 0.25) is 0 Å². The number of rotatable bonds is 4. The summed E-state index contributed by atoms with van der Waals surface area (Å²) in [4.78, 5) is 23.6. The van der Waals surface area contributed by atoms with Gasteiger partial charge in [0, 0.05) is 0 Å². The van der Waals surface area contributed by atoms with Gasteiger partial charge in [0.2, 0.25) is 0 Å². The molecule has 0 aromatic heterocycles. The molecule has 6 nitrogen and oxygen atoms in total. The number of carboxylic acid groups (broad SMARTS) is 1. The Labute approximate surface area is 56.5 Å². The molecule has 0 saturated carbocycles. The highest BCUT2D eigenvalue weighted by molar-refractivity contribution is 5.67. The van der Waals surface area contributed by atoms with Crippen molar-refractivity contribution in [3.63, 3.8) is 0 Å². The summed E-state index contributed by atoms with van der Waals surface area (Å²) in [6.07, 6.45) is -1.14. The number of hydrogen-bond donors (Lipinski definition) is 2. The Morgan fingerprint density at radius 2 is 2.30 bits per heavy atom. The van der Waals surface area contributed by atoms with Gasteiger partial charge >= 0.3 is 11.1 Å². The molecule has 1 atom stereocenters. The van der Waals surface area contributed by atoms with E-state index in [0.29, 0.717) is 0 Å². The number of carbonyl (C=O) groups is 1. The lowest BCUT2D eigenvalue weighted by molar-refractivity contribution is -0.981. The number of hydrogen-bond acceptors (Lipinski definition) is 3. The van der Waals surface area contributed by atoms with E-state index in [9.17, 15) is 9.70 Å². The molecule has 6 heteroatoms. The van der Waals surface area contributed by atoms with Crippen LogP contribution in [-0.4, -0.2) is 27.5 Å². The van der Waals surface area contributed by atoms with Crippen molar-refractivity contribution in [1.82, 2.24) is 0 Å². The molecule has 0 saturated heterocycles. The van der Waals surface area contributed by atoms with Crippen LogP contribution in [0.5, 0.6) is 0 Å². The van der Waals surface area contributed by atoms with Crippen molar-refractivity contribution in [1.29, 1.82) is 0 Å². The van der Waals surface area contributed by atoms with E-state index < -0.39 is 17.2 Å². The van der Waals surface area contributed by atoms with Crippen molar-refractivity contribution in [2.45, 2.75) is 19.4 Å². The van der Waals surface area contributed by atoms with Crippen LogP contribution in [0.15, 0.2) is 0 Å². The Morgan fingerprint density at radius 1 is 1.80 bits per heavy atom. The molecule has 1 unspecified atom stereocenters. The molecule has 0 aliphatic heterocycles. The van der Waals surface area contributed by atoms with E-state index in [1.807, 2.05) is 0 Å². The Hall–Kier alpha value is -1.33. The molecule has 0 bridgehead atoms. The van der Waals surface area contributed by atoms with Gasteiger partial charge in [0.25, 0.3) is 0 Å². The van der Waals surface area contributed by atoms with Crippen molar-refractivity contribution >= 4 is 5.97 Å². The Morgan fingerprint density at radius 3 is 2.60 bits per heavy atom. The Balaban J connectivity index is 3.53. The van der Waals surface area contributed by atoms with E-state index in [4.69, 9.17) is 10.3 Å². The van der Waals surface area contributed by atoms with E-state index in [2.05, 4.69) is 4.84 Å². The van der Waals surface area contributed by atoms with Gasteiger partial charge in [-0.3, -0.25) is 4.79 Å². The average molecular weight is 150 g/mol. The molecule has 0 rings (SSSR count). The summed E-state index contributed by atoms with van der Waals surface area (Å²) in [5.41, 5.74) is 0. The van der Waals surface area contributed by atoms with E-state index in [0.717, 1.165) is 0 Å². The second kappa shape index (κ2) is 3.65. The molecule has 0 aliphatic carbocycles.